The van der Waals surface area contributed by atoms with Gasteiger partial charge in [0.05, 0.1) is 21.8 Å². The maximum atomic E-state index is 12.5. The van der Waals surface area contributed by atoms with Crippen LogP contribution in [-0.2, 0) is 4.79 Å². The molecule has 25 heavy (non-hydrogen) atoms. The highest BCUT2D eigenvalue weighted by Gasteiger charge is 2.22. The van der Waals surface area contributed by atoms with Crippen molar-refractivity contribution in [2.24, 2.45) is 0 Å². The Kier molecular flexibility index (Phi) is 7.57. The second kappa shape index (κ2) is 9.44. The Balaban J connectivity index is 2.15. The first-order valence-corrected chi connectivity index (χ1v) is 9.29. The van der Waals surface area contributed by atoms with Crippen molar-refractivity contribution >= 4 is 46.6 Å². The van der Waals surface area contributed by atoms with E-state index in [9.17, 15) is 4.79 Å². The smallest absolute Gasteiger partial charge is 0.258 e. The van der Waals surface area contributed by atoms with Gasteiger partial charge >= 0.3 is 0 Å². The van der Waals surface area contributed by atoms with Crippen molar-refractivity contribution in [1.82, 2.24) is 5.32 Å². The molecule has 134 valence electrons. The van der Waals surface area contributed by atoms with Gasteiger partial charge < -0.3 is 5.32 Å². The molecule has 0 aromatic heterocycles. The molecule has 3 nitrogen and oxygen atoms in total. The van der Waals surface area contributed by atoms with E-state index in [2.05, 4.69) is 12.2 Å². The summed E-state index contributed by atoms with van der Waals surface area (Å²) in [6.07, 6.45) is 2.76. The van der Waals surface area contributed by atoms with Crippen LogP contribution in [0.4, 0.5) is 5.69 Å². The lowest BCUT2D eigenvalue weighted by atomic mass is 10.1. The first-order valence-electron chi connectivity index (χ1n) is 8.20. The number of amides is 1. The van der Waals surface area contributed by atoms with Crippen LogP contribution in [0.25, 0.3) is 11.1 Å². The fourth-order valence-electron chi connectivity index (χ4n) is 2.52. The predicted octanol–water partition coefficient (Wildman–Crippen LogP) is 5.93. The number of hydrogen-bond acceptors (Lipinski definition) is 2. The Bertz CT molecular complexity index is 719. The number of carbonyl (C=O) groups is 1. The molecule has 6 heteroatoms. The molecule has 0 spiro atoms. The van der Waals surface area contributed by atoms with Gasteiger partial charge in [-0.2, -0.15) is 0 Å². The van der Waals surface area contributed by atoms with Gasteiger partial charge in [0, 0.05) is 11.8 Å². The average Bonchev–Trinajstić information content (AvgIpc) is 2.64. The van der Waals surface area contributed by atoms with Gasteiger partial charge in [0.25, 0.3) is 5.91 Å². The van der Waals surface area contributed by atoms with E-state index in [1.807, 2.05) is 36.4 Å². The zero-order valence-electron chi connectivity index (χ0n) is 14.2. The van der Waals surface area contributed by atoms with Gasteiger partial charge in [-0.1, -0.05) is 61.2 Å². The molecule has 2 aromatic carbocycles. The molecule has 0 unspecified atom stereocenters. The van der Waals surface area contributed by atoms with E-state index in [-0.39, 0.29) is 11.9 Å². The highest BCUT2D eigenvalue weighted by molar-refractivity contribution is 6.42. The van der Waals surface area contributed by atoms with Crippen molar-refractivity contribution < 1.29 is 4.79 Å². The number of nitrogens with one attached hydrogen (secondary N) is 1. The number of anilines is 1. The van der Waals surface area contributed by atoms with Crippen LogP contribution in [0, 0.1) is 0 Å². The van der Waals surface area contributed by atoms with Gasteiger partial charge in [-0.15, -0.1) is 0 Å². The summed E-state index contributed by atoms with van der Waals surface area (Å²) in [4.78, 5) is 12.5. The maximum Gasteiger partial charge on any atom is 0.258 e. The molecular weight excluding hydrogens is 379 g/mol. The van der Waals surface area contributed by atoms with E-state index < -0.39 is 0 Å². The molecule has 0 aliphatic carbocycles. The van der Waals surface area contributed by atoms with Gasteiger partial charge in [0.15, 0.2) is 0 Å². The highest BCUT2D eigenvalue weighted by Crippen LogP contribution is 2.30. The minimum absolute atomic E-state index is 0.153. The predicted molar refractivity (Wildman–Crippen MR) is 108 cm³/mol. The molecule has 0 saturated heterocycles. The fourth-order valence-corrected chi connectivity index (χ4v) is 3.05. The maximum absolute atomic E-state index is 12.5. The van der Waals surface area contributed by atoms with Crippen molar-refractivity contribution in [2.75, 3.05) is 11.5 Å². The first kappa shape index (κ1) is 20.1. The summed E-state index contributed by atoms with van der Waals surface area (Å²) in [6, 6.07) is 12.6. The molecule has 2 aromatic rings. The second-order valence-corrected chi connectivity index (χ2v) is 6.93. The Morgan fingerprint density at radius 2 is 1.72 bits per heavy atom. The number of hydrogen-bond donors (Lipinski definition) is 1. The van der Waals surface area contributed by atoms with E-state index in [1.165, 1.54) is 4.42 Å². The van der Waals surface area contributed by atoms with Crippen molar-refractivity contribution in [3.8, 4) is 11.1 Å². The van der Waals surface area contributed by atoms with E-state index in [4.69, 9.17) is 35.0 Å². The molecule has 1 amide bonds. The summed E-state index contributed by atoms with van der Waals surface area (Å²) < 4.78 is 1.18. The van der Waals surface area contributed by atoms with Crippen LogP contribution < -0.4 is 9.74 Å². The molecule has 0 radical (unpaired) electrons. The van der Waals surface area contributed by atoms with E-state index in [0.717, 1.165) is 30.4 Å². The van der Waals surface area contributed by atoms with Crippen LogP contribution in [0.1, 0.15) is 26.2 Å². The minimum Gasteiger partial charge on any atom is -0.309 e. The zero-order valence-corrected chi connectivity index (χ0v) is 16.5. The molecule has 0 bridgehead atoms. The quantitative estimate of drug-likeness (QED) is 0.586. The Labute approximate surface area is 164 Å². The average molecular weight is 400 g/mol. The van der Waals surface area contributed by atoms with Crippen molar-refractivity contribution in [3.05, 3.63) is 52.5 Å². The van der Waals surface area contributed by atoms with Gasteiger partial charge in [-0.05, 0) is 48.9 Å². The Hall–Kier alpha value is -1.26. The summed E-state index contributed by atoms with van der Waals surface area (Å²) in [5.74, 6) is -0.153. The normalized spacial score (nSPS) is 12.0. The van der Waals surface area contributed by atoms with Crippen LogP contribution in [-0.4, -0.2) is 19.0 Å². The number of benzene rings is 2. The molecule has 0 saturated carbocycles. The number of unbranched alkanes of at least 4 members (excludes halogenated alkanes) is 1. The van der Waals surface area contributed by atoms with Crippen LogP contribution in [0.2, 0.25) is 10.0 Å². The van der Waals surface area contributed by atoms with Crippen molar-refractivity contribution in [1.29, 1.82) is 0 Å². The minimum atomic E-state index is -0.285. The van der Waals surface area contributed by atoms with Crippen molar-refractivity contribution in [3.63, 3.8) is 0 Å². The van der Waals surface area contributed by atoms with Gasteiger partial charge in [-0.3, -0.25) is 4.79 Å². The number of rotatable bonds is 7. The number of halogens is 3. The molecular formula is C19H21Cl3N2O. The largest absolute Gasteiger partial charge is 0.309 e. The number of carbonyl (C=O) groups excluding carboxylic acids is 1. The molecule has 0 aliphatic rings. The van der Waals surface area contributed by atoms with Crippen molar-refractivity contribution in [2.45, 2.75) is 32.2 Å². The fraction of sp³-hybridized carbons (Fsp3) is 0.316. The van der Waals surface area contributed by atoms with Gasteiger partial charge in [-0.25, -0.2) is 4.42 Å². The monoisotopic (exact) mass is 398 g/mol. The summed E-state index contributed by atoms with van der Waals surface area (Å²) in [5, 5.41) is 4.06. The topological polar surface area (TPSA) is 32.3 Å². The highest BCUT2D eigenvalue weighted by atomic mass is 35.5. The molecule has 0 fully saturated rings. The lowest BCUT2D eigenvalue weighted by Crippen LogP contribution is -2.41. The van der Waals surface area contributed by atoms with E-state index >= 15 is 0 Å². The summed E-state index contributed by atoms with van der Waals surface area (Å²) in [6.45, 7) is 2.09. The third kappa shape index (κ3) is 5.11. The lowest BCUT2D eigenvalue weighted by Gasteiger charge is -2.21. The SMILES string of the molecule is CCCC[C@H](NC)C(=O)N(Cl)c1ccc(-c2ccc(Cl)c(Cl)c2)cc1. The molecule has 0 heterocycles. The molecule has 1 atom stereocenters. The van der Waals surface area contributed by atoms with Gasteiger partial charge in [0.2, 0.25) is 0 Å². The molecule has 2 rings (SSSR count). The molecule has 0 aliphatic heterocycles. The lowest BCUT2D eigenvalue weighted by molar-refractivity contribution is -0.119. The first-order chi connectivity index (χ1) is 12.0. The van der Waals surface area contributed by atoms with Crippen LogP contribution in [0.5, 0.6) is 0 Å². The standard InChI is InChI=1S/C19H21Cl3N2O/c1-3-4-5-18(23-2)19(25)24(22)15-9-6-13(7-10-15)14-8-11-16(20)17(21)12-14/h6-12,18,23H,3-5H2,1-2H3/t18-/m0/s1. The summed E-state index contributed by atoms with van der Waals surface area (Å²) in [7, 11) is 1.77. The van der Waals surface area contributed by atoms with Crippen LogP contribution in [0.15, 0.2) is 42.5 Å². The summed E-state index contributed by atoms with van der Waals surface area (Å²) >= 11 is 18.3. The number of likely N-dealkylation sites (N-methyl/N-ethyl adjacent to an activating group) is 1. The van der Waals surface area contributed by atoms with E-state index in [1.54, 1.807) is 13.1 Å². The third-order valence-electron chi connectivity index (χ3n) is 4.03. The van der Waals surface area contributed by atoms with Crippen LogP contribution >= 0.6 is 35.0 Å². The molecule has 1 N–H and O–H groups in total. The zero-order chi connectivity index (χ0) is 18.4. The van der Waals surface area contributed by atoms with E-state index in [0.29, 0.717) is 15.7 Å². The number of nitrogens with zero attached hydrogens (tertiary/aromatic N) is 1. The van der Waals surface area contributed by atoms with Crippen LogP contribution in [0.3, 0.4) is 0 Å². The second-order valence-electron chi connectivity index (χ2n) is 5.78. The van der Waals surface area contributed by atoms with Gasteiger partial charge in [0.1, 0.15) is 0 Å². The Morgan fingerprint density at radius 1 is 1.08 bits per heavy atom. The summed E-state index contributed by atoms with van der Waals surface area (Å²) in [5.41, 5.74) is 2.55. The Morgan fingerprint density at radius 3 is 2.28 bits per heavy atom. The third-order valence-corrected chi connectivity index (χ3v) is 5.13.